The molecule has 0 atom stereocenters. The molecule has 64 valence electrons. The zero-order valence-electron chi connectivity index (χ0n) is 6.52. The molecule has 1 aromatic rings. The van der Waals surface area contributed by atoms with Crippen molar-refractivity contribution in [1.82, 2.24) is 0 Å². The molecule has 0 heterocycles. The molecule has 12 heavy (non-hydrogen) atoms. The zero-order valence-corrected chi connectivity index (χ0v) is 6.52. The SMILES string of the molecule is CN(O)c1cc(C=O)ccc1[O-]. The highest BCUT2D eigenvalue weighted by atomic mass is 16.5. The van der Waals surface area contributed by atoms with Crippen molar-refractivity contribution in [1.29, 1.82) is 0 Å². The van der Waals surface area contributed by atoms with E-state index in [1.54, 1.807) is 0 Å². The minimum Gasteiger partial charge on any atom is -0.871 e. The summed E-state index contributed by atoms with van der Waals surface area (Å²) < 4.78 is 0. The Kier molecular flexibility index (Phi) is 2.30. The van der Waals surface area contributed by atoms with E-state index in [9.17, 15) is 9.90 Å². The Morgan fingerprint density at radius 1 is 1.58 bits per heavy atom. The van der Waals surface area contributed by atoms with Crippen LogP contribution in [0.5, 0.6) is 5.75 Å². The van der Waals surface area contributed by atoms with Crippen LogP contribution in [0, 0.1) is 0 Å². The molecule has 0 spiro atoms. The Bertz CT molecular complexity index is 296. The van der Waals surface area contributed by atoms with Gasteiger partial charge in [0.05, 0.1) is 5.69 Å². The average molecular weight is 166 g/mol. The Labute approximate surface area is 69.6 Å². The van der Waals surface area contributed by atoms with Crippen LogP contribution in [0.3, 0.4) is 0 Å². The molecule has 0 radical (unpaired) electrons. The summed E-state index contributed by atoms with van der Waals surface area (Å²) in [4.78, 5) is 10.3. The van der Waals surface area contributed by atoms with Crippen LogP contribution in [0.25, 0.3) is 0 Å². The van der Waals surface area contributed by atoms with Crippen molar-refractivity contribution in [3.8, 4) is 5.75 Å². The summed E-state index contributed by atoms with van der Waals surface area (Å²) in [7, 11) is 1.32. The van der Waals surface area contributed by atoms with Gasteiger partial charge in [0.2, 0.25) is 0 Å². The maximum atomic E-state index is 11.0. The van der Waals surface area contributed by atoms with Gasteiger partial charge in [-0.3, -0.25) is 15.1 Å². The first kappa shape index (κ1) is 8.55. The summed E-state index contributed by atoms with van der Waals surface area (Å²) in [6, 6.07) is 3.98. The monoisotopic (exact) mass is 166 g/mol. The van der Waals surface area contributed by atoms with Gasteiger partial charge in [0.1, 0.15) is 6.29 Å². The number of carbonyl (C=O) groups is 1. The van der Waals surface area contributed by atoms with Gasteiger partial charge in [-0.2, -0.15) is 0 Å². The first-order chi connectivity index (χ1) is 5.65. The van der Waals surface area contributed by atoms with Gasteiger partial charge in [-0.1, -0.05) is 17.9 Å². The molecule has 0 aliphatic rings. The summed E-state index contributed by atoms with van der Waals surface area (Å²) in [6.45, 7) is 0. The molecule has 4 heteroatoms. The van der Waals surface area contributed by atoms with Crippen molar-refractivity contribution in [2.45, 2.75) is 0 Å². The van der Waals surface area contributed by atoms with Crippen molar-refractivity contribution in [2.24, 2.45) is 0 Å². The van der Waals surface area contributed by atoms with Gasteiger partial charge < -0.3 is 5.11 Å². The average Bonchev–Trinajstić information content (AvgIpc) is 2.05. The standard InChI is InChI=1S/C8H9NO3/c1-9(12)7-4-6(5-10)2-3-8(7)11/h2-5,11-12H,1H3/p-1. The van der Waals surface area contributed by atoms with E-state index >= 15 is 0 Å². The minimum atomic E-state index is -0.314. The van der Waals surface area contributed by atoms with E-state index in [0.29, 0.717) is 16.9 Å². The molecule has 0 bridgehead atoms. The van der Waals surface area contributed by atoms with E-state index in [2.05, 4.69) is 0 Å². The maximum absolute atomic E-state index is 11.0. The summed E-state index contributed by atoms with van der Waals surface area (Å²) in [6.07, 6.45) is 0.618. The Balaban J connectivity index is 3.16. The summed E-state index contributed by atoms with van der Waals surface area (Å²) >= 11 is 0. The third kappa shape index (κ3) is 1.54. The number of anilines is 1. The third-order valence-corrected chi connectivity index (χ3v) is 1.47. The molecule has 1 rings (SSSR count). The molecule has 1 N–H and O–H groups in total. The summed E-state index contributed by atoms with van der Waals surface area (Å²) in [5.41, 5.74) is 0.463. The second kappa shape index (κ2) is 3.23. The Morgan fingerprint density at radius 2 is 2.25 bits per heavy atom. The number of rotatable bonds is 2. The number of hydrogen-bond donors (Lipinski definition) is 1. The number of carbonyl (C=O) groups excluding carboxylic acids is 1. The number of aldehydes is 1. The fraction of sp³-hybridized carbons (Fsp3) is 0.125. The number of hydrogen-bond acceptors (Lipinski definition) is 4. The van der Waals surface area contributed by atoms with Crippen LogP contribution in [0.15, 0.2) is 18.2 Å². The molecular weight excluding hydrogens is 158 g/mol. The lowest BCUT2D eigenvalue weighted by Crippen LogP contribution is -2.12. The Morgan fingerprint density at radius 3 is 2.75 bits per heavy atom. The van der Waals surface area contributed by atoms with E-state index in [1.165, 1.54) is 25.2 Å². The van der Waals surface area contributed by atoms with Gasteiger partial charge in [0.15, 0.2) is 0 Å². The molecule has 4 nitrogen and oxygen atoms in total. The van der Waals surface area contributed by atoms with Crippen molar-refractivity contribution >= 4 is 12.0 Å². The second-order valence-electron chi connectivity index (χ2n) is 2.37. The van der Waals surface area contributed by atoms with Gasteiger partial charge in [0, 0.05) is 12.6 Å². The van der Waals surface area contributed by atoms with Crippen molar-refractivity contribution in [2.75, 3.05) is 12.1 Å². The van der Waals surface area contributed by atoms with Crippen LogP contribution in [0.2, 0.25) is 0 Å². The fourth-order valence-corrected chi connectivity index (χ4v) is 0.861. The van der Waals surface area contributed by atoms with Crippen molar-refractivity contribution in [3.63, 3.8) is 0 Å². The predicted molar refractivity (Wildman–Crippen MR) is 41.5 cm³/mol. The molecule has 0 fully saturated rings. The molecule has 0 aliphatic carbocycles. The van der Waals surface area contributed by atoms with E-state index in [4.69, 9.17) is 5.21 Å². The molecule has 0 saturated carbocycles. The molecule has 1 aromatic carbocycles. The highest BCUT2D eigenvalue weighted by molar-refractivity contribution is 5.78. The van der Waals surface area contributed by atoms with E-state index in [0.717, 1.165) is 0 Å². The van der Waals surface area contributed by atoms with E-state index in [-0.39, 0.29) is 11.4 Å². The largest absolute Gasteiger partial charge is 0.871 e. The van der Waals surface area contributed by atoms with Gasteiger partial charge in [-0.05, 0) is 6.07 Å². The minimum absolute atomic E-state index is 0.0969. The quantitative estimate of drug-likeness (QED) is 0.510. The topological polar surface area (TPSA) is 63.6 Å². The molecule has 0 amide bonds. The number of benzene rings is 1. The first-order valence-electron chi connectivity index (χ1n) is 3.34. The molecule has 0 aromatic heterocycles. The second-order valence-corrected chi connectivity index (χ2v) is 2.37. The third-order valence-electron chi connectivity index (χ3n) is 1.47. The Hall–Kier alpha value is -1.55. The molecular formula is C8H8NO3-. The zero-order chi connectivity index (χ0) is 9.14. The van der Waals surface area contributed by atoms with E-state index < -0.39 is 0 Å². The lowest BCUT2D eigenvalue weighted by atomic mass is 10.2. The van der Waals surface area contributed by atoms with Crippen LogP contribution in [-0.4, -0.2) is 18.5 Å². The fourth-order valence-electron chi connectivity index (χ4n) is 0.861. The highest BCUT2D eigenvalue weighted by Crippen LogP contribution is 2.22. The lowest BCUT2D eigenvalue weighted by Gasteiger charge is -2.18. The lowest BCUT2D eigenvalue weighted by molar-refractivity contribution is -0.267. The highest BCUT2D eigenvalue weighted by Gasteiger charge is 1.99. The molecule has 0 saturated heterocycles. The van der Waals surface area contributed by atoms with Crippen LogP contribution in [0.1, 0.15) is 10.4 Å². The smallest absolute Gasteiger partial charge is 0.150 e. The predicted octanol–water partition coefficient (Wildman–Crippen LogP) is 0.398. The summed E-state index contributed by atoms with van der Waals surface area (Å²) in [5, 5.41) is 20.6. The number of hydroxylamine groups is 1. The first-order valence-corrected chi connectivity index (χ1v) is 3.34. The van der Waals surface area contributed by atoms with Crippen molar-refractivity contribution in [3.05, 3.63) is 23.8 Å². The summed E-state index contributed by atoms with van der Waals surface area (Å²) in [5.74, 6) is -0.314. The van der Waals surface area contributed by atoms with Gasteiger partial charge in [-0.25, -0.2) is 0 Å². The van der Waals surface area contributed by atoms with Gasteiger partial charge >= 0.3 is 0 Å². The normalized spacial score (nSPS) is 9.50. The van der Waals surface area contributed by atoms with Crippen LogP contribution in [-0.2, 0) is 0 Å². The van der Waals surface area contributed by atoms with Crippen LogP contribution in [0.4, 0.5) is 5.69 Å². The van der Waals surface area contributed by atoms with Crippen LogP contribution < -0.4 is 10.2 Å². The van der Waals surface area contributed by atoms with E-state index in [1.807, 2.05) is 0 Å². The molecule has 0 aliphatic heterocycles. The maximum Gasteiger partial charge on any atom is 0.150 e. The molecule has 0 unspecified atom stereocenters. The van der Waals surface area contributed by atoms with Crippen LogP contribution >= 0.6 is 0 Å². The van der Waals surface area contributed by atoms with Gasteiger partial charge in [0.25, 0.3) is 0 Å². The van der Waals surface area contributed by atoms with Crippen molar-refractivity contribution < 1.29 is 15.1 Å². The van der Waals surface area contributed by atoms with Gasteiger partial charge in [-0.15, -0.1) is 0 Å². The number of nitrogens with zero attached hydrogens (tertiary/aromatic N) is 1.